The molecule has 1 aliphatic rings. The van der Waals surface area contributed by atoms with Crippen molar-refractivity contribution in [2.24, 2.45) is 5.41 Å². The fourth-order valence-electron chi connectivity index (χ4n) is 3.10. The summed E-state index contributed by atoms with van der Waals surface area (Å²) in [4.78, 5) is 22.7. The monoisotopic (exact) mass is 328 g/mol. The predicted octanol–water partition coefficient (Wildman–Crippen LogP) is 3.04. The first-order chi connectivity index (χ1) is 11.2. The molecule has 0 spiro atoms. The molecule has 7 heteroatoms. The molecule has 24 heavy (non-hydrogen) atoms. The Morgan fingerprint density at radius 3 is 2.50 bits per heavy atom. The van der Waals surface area contributed by atoms with Gasteiger partial charge in [0.05, 0.1) is 11.6 Å². The van der Waals surface area contributed by atoms with Crippen LogP contribution in [0.25, 0.3) is 0 Å². The Labute approximate surface area is 142 Å². The fourth-order valence-corrected chi connectivity index (χ4v) is 3.10. The first-order valence-corrected chi connectivity index (χ1v) is 8.08. The molecule has 3 heterocycles. The number of likely N-dealkylation sites (tertiary alicyclic amines) is 1. The topological polar surface area (TPSA) is 75.9 Å². The molecule has 1 atom stereocenters. The zero-order chi connectivity index (χ0) is 17.5. The zero-order valence-corrected chi connectivity index (χ0v) is 14.8. The fraction of sp³-hybridized carbons (Fsp3) is 0.529. The smallest absolute Gasteiger partial charge is 0.316 e. The van der Waals surface area contributed by atoms with Crippen molar-refractivity contribution in [3.05, 3.63) is 36.4 Å². The van der Waals surface area contributed by atoms with E-state index in [1.54, 1.807) is 23.4 Å². The van der Waals surface area contributed by atoms with Gasteiger partial charge < -0.3 is 4.90 Å². The molecule has 0 unspecified atom stereocenters. The maximum absolute atomic E-state index is 12.6. The second-order valence-corrected chi connectivity index (χ2v) is 7.91. The predicted molar refractivity (Wildman–Crippen MR) is 91.5 cm³/mol. The molecule has 2 aromatic rings. The molecule has 1 aliphatic heterocycles. The first-order valence-electron chi connectivity index (χ1n) is 8.08. The Morgan fingerprint density at radius 2 is 1.96 bits per heavy atom. The molecule has 0 saturated carbocycles. The van der Waals surface area contributed by atoms with Crippen molar-refractivity contribution in [3.8, 4) is 0 Å². The number of anilines is 1. The third-order valence-corrected chi connectivity index (χ3v) is 4.31. The SMILES string of the molecule is CC1(C)CN(C(=O)Nc2ncn(C(C)(C)C)n2)[C@@H]1c1ccncc1. The Balaban J connectivity index is 1.74. The van der Waals surface area contributed by atoms with Gasteiger partial charge in [0.15, 0.2) is 0 Å². The summed E-state index contributed by atoms with van der Waals surface area (Å²) in [6, 6.07) is 3.75. The number of aromatic nitrogens is 4. The average molecular weight is 328 g/mol. The molecule has 128 valence electrons. The number of carbonyl (C=O) groups excluding carboxylic acids is 1. The van der Waals surface area contributed by atoms with Crippen LogP contribution in [0.4, 0.5) is 10.7 Å². The number of rotatable bonds is 2. The van der Waals surface area contributed by atoms with Crippen LogP contribution in [0.1, 0.15) is 46.2 Å². The van der Waals surface area contributed by atoms with Crippen LogP contribution in [0.15, 0.2) is 30.9 Å². The number of pyridine rings is 1. The lowest BCUT2D eigenvalue weighted by molar-refractivity contribution is -0.0116. The molecule has 1 N–H and O–H groups in total. The second kappa shape index (κ2) is 5.58. The molecule has 0 radical (unpaired) electrons. The number of nitrogens with zero attached hydrogens (tertiary/aromatic N) is 5. The number of amides is 2. The Morgan fingerprint density at radius 1 is 1.29 bits per heavy atom. The number of nitrogens with one attached hydrogen (secondary N) is 1. The van der Waals surface area contributed by atoms with Crippen LogP contribution in [0.3, 0.4) is 0 Å². The highest BCUT2D eigenvalue weighted by atomic mass is 16.2. The van der Waals surface area contributed by atoms with Crippen LogP contribution in [-0.2, 0) is 5.54 Å². The van der Waals surface area contributed by atoms with Crippen molar-refractivity contribution >= 4 is 12.0 Å². The Bertz CT molecular complexity index is 731. The van der Waals surface area contributed by atoms with E-state index in [1.165, 1.54) is 0 Å². The number of hydrogen-bond donors (Lipinski definition) is 1. The minimum absolute atomic E-state index is 0.0187. The summed E-state index contributed by atoms with van der Waals surface area (Å²) in [6.07, 6.45) is 5.15. The maximum atomic E-state index is 12.6. The van der Waals surface area contributed by atoms with Crippen molar-refractivity contribution in [2.45, 2.75) is 46.2 Å². The van der Waals surface area contributed by atoms with Crippen molar-refractivity contribution in [2.75, 3.05) is 11.9 Å². The zero-order valence-electron chi connectivity index (χ0n) is 14.8. The average Bonchev–Trinajstić information content (AvgIpc) is 2.94. The molecule has 1 saturated heterocycles. The van der Waals surface area contributed by atoms with E-state index in [1.807, 2.05) is 37.8 Å². The number of hydrogen-bond acceptors (Lipinski definition) is 4. The summed E-state index contributed by atoms with van der Waals surface area (Å²) in [7, 11) is 0. The van der Waals surface area contributed by atoms with Crippen molar-refractivity contribution in [3.63, 3.8) is 0 Å². The maximum Gasteiger partial charge on any atom is 0.324 e. The highest BCUT2D eigenvalue weighted by Gasteiger charge is 2.49. The van der Waals surface area contributed by atoms with Crippen LogP contribution in [0, 0.1) is 5.41 Å². The minimum atomic E-state index is -0.178. The third-order valence-electron chi connectivity index (χ3n) is 4.31. The highest BCUT2D eigenvalue weighted by molar-refractivity contribution is 5.88. The molecule has 7 nitrogen and oxygen atoms in total. The van der Waals surface area contributed by atoms with Gasteiger partial charge in [-0.2, -0.15) is 0 Å². The minimum Gasteiger partial charge on any atom is -0.316 e. The van der Waals surface area contributed by atoms with E-state index in [4.69, 9.17) is 0 Å². The normalized spacial score (nSPS) is 19.7. The van der Waals surface area contributed by atoms with Gasteiger partial charge in [-0.3, -0.25) is 10.3 Å². The first kappa shape index (κ1) is 16.4. The third kappa shape index (κ3) is 2.98. The summed E-state index contributed by atoms with van der Waals surface area (Å²) in [5.74, 6) is 0.327. The van der Waals surface area contributed by atoms with E-state index in [0.29, 0.717) is 12.5 Å². The summed E-state index contributed by atoms with van der Waals surface area (Å²) in [6.45, 7) is 11.1. The van der Waals surface area contributed by atoms with Gasteiger partial charge in [0, 0.05) is 24.4 Å². The van der Waals surface area contributed by atoms with Crippen LogP contribution in [-0.4, -0.2) is 37.2 Å². The summed E-state index contributed by atoms with van der Waals surface area (Å²) >= 11 is 0. The van der Waals surface area contributed by atoms with Crippen LogP contribution in [0.5, 0.6) is 0 Å². The molecule has 2 aromatic heterocycles. The van der Waals surface area contributed by atoms with Crippen LogP contribution in [0.2, 0.25) is 0 Å². The molecule has 0 aliphatic carbocycles. The van der Waals surface area contributed by atoms with E-state index in [0.717, 1.165) is 5.56 Å². The summed E-state index contributed by atoms with van der Waals surface area (Å²) in [5.41, 5.74) is 0.940. The number of urea groups is 1. The Kier molecular flexibility index (Phi) is 3.81. The van der Waals surface area contributed by atoms with E-state index < -0.39 is 0 Å². The Hall–Kier alpha value is -2.44. The standard InChI is InChI=1S/C17H24N6O/c1-16(2,3)23-11-19-14(21-23)20-15(24)22-10-17(4,5)13(22)12-6-8-18-9-7-12/h6-9,11,13H,10H2,1-5H3,(H,20,21,24)/t13-/m1/s1. The van der Waals surface area contributed by atoms with Crippen molar-refractivity contribution in [1.29, 1.82) is 0 Å². The molecule has 2 amide bonds. The van der Waals surface area contributed by atoms with E-state index in [-0.39, 0.29) is 23.0 Å². The van der Waals surface area contributed by atoms with E-state index in [2.05, 4.69) is 34.2 Å². The molecular formula is C17H24N6O. The van der Waals surface area contributed by atoms with E-state index in [9.17, 15) is 4.79 Å². The van der Waals surface area contributed by atoms with Gasteiger partial charge in [0.1, 0.15) is 6.33 Å². The summed E-state index contributed by atoms with van der Waals surface area (Å²) in [5, 5.41) is 7.14. The molecule has 0 aromatic carbocycles. The molecule has 1 fully saturated rings. The van der Waals surface area contributed by atoms with Gasteiger partial charge in [-0.1, -0.05) is 13.8 Å². The molecular weight excluding hydrogens is 304 g/mol. The lowest BCUT2D eigenvalue weighted by Gasteiger charge is -2.54. The lowest BCUT2D eigenvalue weighted by Crippen LogP contribution is -2.59. The van der Waals surface area contributed by atoms with Gasteiger partial charge in [-0.05, 0) is 38.5 Å². The number of carbonyl (C=O) groups is 1. The van der Waals surface area contributed by atoms with Gasteiger partial charge in [-0.25, -0.2) is 14.5 Å². The van der Waals surface area contributed by atoms with E-state index >= 15 is 0 Å². The molecule has 3 rings (SSSR count). The van der Waals surface area contributed by atoms with Gasteiger partial charge >= 0.3 is 6.03 Å². The summed E-state index contributed by atoms with van der Waals surface area (Å²) < 4.78 is 1.74. The molecule has 0 bridgehead atoms. The second-order valence-electron chi connectivity index (χ2n) is 7.91. The van der Waals surface area contributed by atoms with Crippen LogP contribution < -0.4 is 5.32 Å². The van der Waals surface area contributed by atoms with Gasteiger partial charge in [0.25, 0.3) is 0 Å². The van der Waals surface area contributed by atoms with Gasteiger partial charge in [0.2, 0.25) is 5.95 Å². The highest BCUT2D eigenvalue weighted by Crippen LogP contribution is 2.48. The van der Waals surface area contributed by atoms with Gasteiger partial charge in [-0.15, -0.1) is 5.10 Å². The lowest BCUT2D eigenvalue weighted by atomic mass is 9.72. The quantitative estimate of drug-likeness (QED) is 0.919. The van der Waals surface area contributed by atoms with Crippen LogP contribution >= 0.6 is 0 Å². The van der Waals surface area contributed by atoms with Crippen molar-refractivity contribution in [1.82, 2.24) is 24.6 Å². The largest absolute Gasteiger partial charge is 0.324 e. The van der Waals surface area contributed by atoms with Crippen molar-refractivity contribution < 1.29 is 4.79 Å².